The number of carbonyl (C=O) groups is 1. The van der Waals surface area contributed by atoms with Crippen LogP contribution in [0, 0.1) is 0 Å². The number of H-pyrrole nitrogens is 1. The minimum absolute atomic E-state index is 0.0525. The van der Waals surface area contributed by atoms with Crippen LogP contribution >= 0.6 is 0 Å². The molecule has 6 heteroatoms. The summed E-state index contributed by atoms with van der Waals surface area (Å²) in [5, 5.41) is 10.1. The van der Waals surface area contributed by atoms with Gasteiger partial charge in [-0.1, -0.05) is 24.3 Å². The minimum atomic E-state index is -0.115. The van der Waals surface area contributed by atoms with E-state index in [0.717, 1.165) is 41.8 Å². The Kier molecular flexibility index (Phi) is 5.28. The van der Waals surface area contributed by atoms with Crippen molar-refractivity contribution < 1.29 is 14.3 Å². The fourth-order valence-corrected chi connectivity index (χ4v) is 3.55. The maximum absolute atomic E-state index is 12.6. The number of nitrogens with zero attached hydrogens (tertiary/aromatic N) is 1. The molecule has 1 aliphatic carbocycles. The second-order valence-electron chi connectivity index (χ2n) is 6.86. The molecule has 6 nitrogen and oxygen atoms in total. The molecule has 1 atom stereocenters. The van der Waals surface area contributed by atoms with Crippen LogP contribution in [0.1, 0.15) is 35.6 Å². The van der Waals surface area contributed by atoms with Crippen molar-refractivity contribution in [2.45, 2.75) is 31.7 Å². The number of aryl methyl sites for hydroxylation is 1. The Bertz CT molecular complexity index is 950. The summed E-state index contributed by atoms with van der Waals surface area (Å²) >= 11 is 0. The van der Waals surface area contributed by atoms with Crippen LogP contribution < -0.4 is 14.8 Å². The number of ether oxygens (including phenoxy) is 2. The summed E-state index contributed by atoms with van der Waals surface area (Å²) in [4.78, 5) is 12.6. The van der Waals surface area contributed by atoms with Gasteiger partial charge in [0, 0.05) is 17.8 Å². The van der Waals surface area contributed by atoms with Crippen LogP contribution in [0.4, 0.5) is 0 Å². The number of aromatic amines is 1. The predicted molar refractivity (Wildman–Crippen MR) is 106 cm³/mol. The Labute approximate surface area is 163 Å². The van der Waals surface area contributed by atoms with E-state index in [4.69, 9.17) is 9.47 Å². The van der Waals surface area contributed by atoms with Crippen molar-refractivity contribution in [3.63, 3.8) is 0 Å². The summed E-state index contributed by atoms with van der Waals surface area (Å²) in [7, 11) is 1.62. The molecule has 28 heavy (non-hydrogen) atoms. The normalized spacial score (nSPS) is 15.5. The molecular formula is C22H23N3O3. The summed E-state index contributed by atoms with van der Waals surface area (Å²) in [5.41, 5.74) is 3.14. The van der Waals surface area contributed by atoms with E-state index in [1.54, 1.807) is 13.3 Å². The van der Waals surface area contributed by atoms with Crippen molar-refractivity contribution in [2.75, 3.05) is 7.11 Å². The van der Waals surface area contributed by atoms with Crippen LogP contribution in [0.15, 0.2) is 54.7 Å². The number of hydrogen-bond donors (Lipinski definition) is 2. The van der Waals surface area contributed by atoms with Crippen LogP contribution in [-0.2, 0) is 17.8 Å². The van der Waals surface area contributed by atoms with Crippen LogP contribution in [-0.4, -0.2) is 23.2 Å². The lowest BCUT2D eigenvalue weighted by Crippen LogP contribution is -2.30. The molecule has 144 valence electrons. The number of para-hydroxylation sites is 2. The molecule has 0 saturated heterocycles. The number of benzene rings is 2. The van der Waals surface area contributed by atoms with Crippen molar-refractivity contribution in [3.8, 4) is 17.2 Å². The van der Waals surface area contributed by atoms with E-state index >= 15 is 0 Å². The van der Waals surface area contributed by atoms with Gasteiger partial charge in [-0.2, -0.15) is 5.10 Å². The van der Waals surface area contributed by atoms with E-state index in [0.29, 0.717) is 18.0 Å². The van der Waals surface area contributed by atoms with E-state index in [1.165, 1.54) is 0 Å². The Morgan fingerprint density at radius 2 is 1.96 bits per heavy atom. The molecular weight excluding hydrogens is 354 g/mol. The Morgan fingerprint density at radius 1 is 1.18 bits per heavy atom. The van der Waals surface area contributed by atoms with Crippen molar-refractivity contribution in [1.29, 1.82) is 0 Å². The summed E-state index contributed by atoms with van der Waals surface area (Å²) in [5.74, 6) is 2.01. The molecule has 3 aromatic rings. The molecule has 1 heterocycles. The summed E-state index contributed by atoms with van der Waals surface area (Å²) in [6.07, 6.45) is 4.61. The number of rotatable bonds is 6. The maximum Gasteiger partial charge on any atom is 0.227 e. The average Bonchev–Trinajstić information content (AvgIpc) is 3.22. The van der Waals surface area contributed by atoms with Crippen LogP contribution in [0.2, 0.25) is 0 Å². The van der Waals surface area contributed by atoms with Gasteiger partial charge < -0.3 is 14.8 Å². The molecule has 0 saturated carbocycles. The highest BCUT2D eigenvalue weighted by molar-refractivity contribution is 5.84. The summed E-state index contributed by atoms with van der Waals surface area (Å²) < 4.78 is 11.2. The van der Waals surface area contributed by atoms with Gasteiger partial charge in [0.25, 0.3) is 0 Å². The maximum atomic E-state index is 12.6. The third kappa shape index (κ3) is 3.86. The van der Waals surface area contributed by atoms with E-state index in [9.17, 15) is 4.79 Å². The first-order valence-corrected chi connectivity index (χ1v) is 9.44. The van der Waals surface area contributed by atoms with Gasteiger partial charge in [-0.15, -0.1) is 0 Å². The van der Waals surface area contributed by atoms with Gasteiger partial charge in [0.2, 0.25) is 5.91 Å². The minimum Gasteiger partial charge on any atom is -0.493 e. The number of hydrogen-bond acceptors (Lipinski definition) is 4. The number of methoxy groups -OCH3 is 1. The second-order valence-corrected chi connectivity index (χ2v) is 6.86. The van der Waals surface area contributed by atoms with Gasteiger partial charge in [-0.05, 0) is 49.1 Å². The fourth-order valence-electron chi connectivity index (χ4n) is 3.55. The first-order chi connectivity index (χ1) is 13.7. The Hall–Kier alpha value is -3.28. The summed E-state index contributed by atoms with van der Waals surface area (Å²) in [6.45, 7) is 0.484. The van der Waals surface area contributed by atoms with E-state index in [-0.39, 0.29) is 11.8 Å². The first kappa shape index (κ1) is 18.1. The topological polar surface area (TPSA) is 76.2 Å². The lowest BCUT2D eigenvalue weighted by molar-refractivity contribution is -0.123. The van der Waals surface area contributed by atoms with Gasteiger partial charge >= 0.3 is 0 Å². The van der Waals surface area contributed by atoms with Crippen LogP contribution in [0.25, 0.3) is 0 Å². The van der Waals surface area contributed by atoms with Crippen molar-refractivity contribution in [3.05, 3.63) is 71.5 Å². The molecule has 0 aliphatic heterocycles. The molecule has 4 rings (SSSR count). The molecule has 2 aromatic carbocycles. The molecule has 1 unspecified atom stereocenters. The van der Waals surface area contributed by atoms with Crippen LogP contribution in [0.3, 0.4) is 0 Å². The molecule has 1 aromatic heterocycles. The van der Waals surface area contributed by atoms with Crippen molar-refractivity contribution >= 4 is 5.91 Å². The van der Waals surface area contributed by atoms with Crippen molar-refractivity contribution in [2.24, 2.45) is 0 Å². The molecule has 0 fully saturated rings. The third-order valence-electron chi connectivity index (χ3n) is 5.05. The smallest absolute Gasteiger partial charge is 0.227 e. The lowest BCUT2D eigenvalue weighted by atomic mass is 9.86. The first-order valence-electron chi connectivity index (χ1n) is 9.44. The van der Waals surface area contributed by atoms with E-state index < -0.39 is 0 Å². The number of aromatic nitrogens is 2. The van der Waals surface area contributed by atoms with Gasteiger partial charge in [-0.25, -0.2) is 0 Å². The second kappa shape index (κ2) is 8.17. The molecule has 0 spiro atoms. The largest absolute Gasteiger partial charge is 0.493 e. The van der Waals surface area contributed by atoms with E-state index in [2.05, 4.69) is 15.5 Å². The zero-order valence-electron chi connectivity index (χ0n) is 15.8. The van der Waals surface area contributed by atoms with Crippen molar-refractivity contribution in [1.82, 2.24) is 15.5 Å². The van der Waals surface area contributed by atoms with Gasteiger partial charge in [-0.3, -0.25) is 9.89 Å². The number of amides is 1. The zero-order chi connectivity index (χ0) is 19.3. The quantitative estimate of drug-likeness (QED) is 0.682. The zero-order valence-corrected chi connectivity index (χ0v) is 15.8. The Morgan fingerprint density at radius 3 is 2.75 bits per heavy atom. The average molecular weight is 377 g/mol. The third-order valence-corrected chi connectivity index (χ3v) is 5.05. The highest BCUT2D eigenvalue weighted by Gasteiger charge is 2.27. The lowest BCUT2D eigenvalue weighted by Gasteiger charge is -2.21. The highest BCUT2D eigenvalue weighted by atomic mass is 16.5. The van der Waals surface area contributed by atoms with E-state index in [1.807, 2.05) is 48.5 Å². The SMILES string of the molecule is COc1ccccc1Oc1ccc(CNC(=O)C2CCCc3[nH]ncc32)cc1. The van der Waals surface area contributed by atoms with Crippen LogP contribution in [0.5, 0.6) is 17.2 Å². The monoisotopic (exact) mass is 377 g/mol. The van der Waals surface area contributed by atoms with Gasteiger partial charge in [0.15, 0.2) is 11.5 Å². The summed E-state index contributed by atoms with van der Waals surface area (Å²) in [6, 6.07) is 15.2. The highest BCUT2D eigenvalue weighted by Crippen LogP contribution is 2.31. The van der Waals surface area contributed by atoms with Gasteiger partial charge in [0.05, 0.1) is 19.2 Å². The van der Waals surface area contributed by atoms with Gasteiger partial charge in [0.1, 0.15) is 5.75 Å². The molecule has 1 amide bonds. The number of fused-ring (bicyclic) bond motifs is 1. The molecule has 2 N–H and O–H groups in total. The number of carbonyl (C=O) groups excluding carboxylic acids is 1. The fraction of sp³-hybridized carbons (Fsp3) is 0.273. The molecule has 0 bridgehead atoms. The Balaban J connectivity index is 1.36. The molecule has 1 aliphatic rings. The number of nitrogens with one attached hydrogen (secondary N) is 2. The predicted octanol–water partition coefficient (Wildman–Crippen LogP) is 3.95. The standard InChI is InChI=1S/C22H23N3O3/c1-27-20-7-2-3-8-21(20)28-16-11-9-15(10-12-16)13-23-22(26)17-5-4-6-19-18(17)14-24-25-19/h2-3,7-12,14,17H,4-6,13H2,1H3,(H,23,26)(H,24,25). The molecule has 0 radical (unpaired) electrons.